The van der Waals surface area contributed by atoms with Crippen molar-refractivity contribution >= 4 is 33.8 Å². The Labute approximate surface area is 124 Å². The molecule has 0 bridgehead atoms. The van der Waals surface area contributed by atoms with E-state index < -0.39 is 23.9 Å². The van der Waals surface area contributed by atoms with Gasteiger partial charge in [0.05, 0.1) is 7.11 Å². The molecule has 7 heteroatoms. The largest absolute Gasteiger partial charge is 0.480 e. The number of benzene rings is 1. The van der Waals surface area contributed by atoms with Crippen LogP contribution in [0.1, 0.15) is 23.2 Å². The molecule has 1 rings (SSSR count). The molecule has 0 aromatic heterocycles. The van der Waals surface area contributed by atoms with Crippen molar-refractivity contribution in [3.05, 3.63) is 34.3 Å². The first-order valence-corrected chi connectivity index (χ1v) is 6.59. The van der Waals surface area contributed by atoms with Gasteiger partial charge in [-0.15, -0.1) is 0 Å². The van der Waals surface area contributed by atoms with E-state index in [-0.39, 0.29) is 12.8 Å². The van der Waals surface area contributed by atoms with E-state index in [4.69, 9.17) is 5.11 Å². The van der Waals surface area contributed by atoms with Crippen LogP contribution in [0.2, 0.25) is 0 Å². The molecule has 0 radical (unpaired) electrons. The van der Waals surface area contributed by atoms with Gasteiger partial charge in [-0.05, 0) is 30.7 Å². The molecule has 0 aliphatic heterocycles. The number of carboxylic acids is 1. The van der Waals surface area contributed by atoms with E-state index in [2.05, 4.69) is 26.0 Å². The second-order valence-corrected chi connectivity index (χ2v) is 4.90. The Balaban J connectivity index is 2.65. The van der Waals surface area contributed by atoms with Crippen molar-refractivity contribution in [3.63, 3.8) is 0 Å². The van der Waals surface area contributed by atoms with Crippen LogP contribution in [0.4, 0.5) is 0 Å². The van der Waals surface area contributed by atoms with Crippen molar-refractivity contribution in [2.75, 3.05) is 7.11 Å². The average molecular weight is 344 g/mol. The Morgan fingerprint density at radius 2 is 1.90 bits per heavy atom. The van der Waals surface area contributed by atoms with Gasteiger partial charge < -0.3 is 15.2 Å². The van der Waals surface area contributed by atoms with E-state index in [0.717, 1.165) is 4.47 Å². The molecule has 0 heterocycles. The van der Waals surface area contributed by atoms with Crippen molar-refractivity contribution in [1.29, 1.82) is 0 Å². The maximum absolute atomic E-state index is 11.9. The molecular formula is C13H14BrNO5. The minimum atomic E-state index is -1.20. The van der Waals surface area contributed by atoms with Crippen molar-refractivity contribution in [3.8, 4) is 0 Å². The second-order valence-electron chi connectivity index (χ2n) is 3.99. The van der Waals surface area contributed by atoms with E-state index >= 15 is 0 Å². The molecule has 0 aliphatic carbocycles. The van der Waals surface area contributed by atoms with Crippen LogP contribution in [0.5, 0.6) is 0 Å². The standard InChI is InChI=1S/C13H14BrNO5/c1-20-11(16)7-6-10(13(18)19)15-12(17)8-2-4-9(14)5-3-8/h2-5,10H,6-7H2,1H3,(H,15,17)(H,18,19)/t10-/m0/s1. The summed E-state index contributed by atoms with van der Waals surface area (Å²) < 4.78 is 5.25. The average Bonchev–Trinajstić information content (AvgIpc) is 2.43. The monoisotopic (exact) mass is 343 g/mol. The summed E-state index contributed by atoms with van der Waals surface area (Å²) in [5, 5.41) is 11.4. The fourth-order valence-corrected chi connectivity index (χ4v) is 1.73. The highest BCUT2D eigenvalue weighted by Gasteiger charge is 2.21. The number of carbonyl (C=O) groups is 3. The highest BCUT2D eigenvalue weighted by Crippen LogP contribution is 2.11. The number of methoxy groups -OCH3 is 1. The zero-order valence-corrected chi connectivity index (χ0v) is 12.3. The van der Waals surface area contributed by atoms with Gasteiger partial charge in [-0.3, -0.25) is 9.59 Å². The number of hydrogen-bond acceptors (Lipinski definition) is 4. The first-order chi connectivity index (χ1) is 9.43. The van der Waals surface area contributed by atoms with Crippen LogP contribution in [-0.4, -0.2) is 36.1 Å². The van der Waals surface area contributed by atoms with E-state index in [1.165, 1.54) is 7.11 Å². The van der Waals surface area contributed by atoms with E-state index in [1.807, 2.05) is 0 Å². The second kappa shape index (κ2) is 7.64. The molecule has 1 atom stereocenters. The summed E-state index contributed by atoms with van der Waals surface area (Å²) in [6.07, 6.45) is -0.0989. The first kappa shape index (κ1) is 16.2. The van der Waals surface area contributed by atoms with Crippen LogP contribution in [-0.2, 0) is 14.3 Å². The third-order valence-corrected chi connectivity index (χ3v) is 3.10. The third-order valence-electron chi connectivity index (χ3n) is 2.57. The molecule has 1 aromatic rings. The van der Waals surface area contributed by atoms with Crippen LogP contribution in [0, 0.1) is 0 Å². The molecule has 0 saturated carbocycles. The number of ether oxygens (including phenoxy) is 1. The Morgan fingerprint density at radius 3 is 2.40 bits per heavy atom. The van der Waals surface area contributed by atoms with E-state index in [0.29, 0.717) is 5.56 Å². The smallest absolute Gasteiger partial charge is 0.326 e. The number of nitrogens with one attached hydrogen (secondary N) is 1. The quantitative estimate of drug-likeness (QED) is 0.765. The van der Waals surface area contributed by atoms with Crippen LogP contribution in [0.3, 0.4) is 0 Å². The predicted octanol–water partition coefficient (Wildman–Crippen LogP) is 1.59. The van der Waals surface area contributed by atoms with E-state index in [9.17, 15) is 14.4 Å². The van der Waals surface area contributed by atoms with Crippen molar-refractivity contribution in [2.24, 2.45) is 0 Å². The highest BCUT2D eigenvalue weighted by molar-refractivity contribution is 9.10. The number of hydrogen-bond donors (Lipinski definition) is 2. The number of halogens is 1. The zero-order chi connectivity index (χ0) is 15.1. The molecular weight excluding hydrogens is 330 g/mol. The van der Waals surface area contributed by atoms with Gasteiger partial charge in [-0.1, -0.05) is 15.9 Å². The molecule has 1 aromatic carbocycles. The molecule has 0 fully saturated rings. The molecule has 0 aliphatic rings. The molecule has 2 N–H and O–H groups in total. The topological polar surface area (TPSA) is 92.7 Å². The normalized spacial score (nSPS) is 11.5. The number of amides is 1. The van der Waals surface area contributed by atoms with Crippen LogP contribution in [0.25, 0.3) is 0 Å². The van der Waals surface area contributed by atoms with Gasteiger partial charge in [0.15, 0.2) is 0 Å². The highest BCUT2D eigenvalue weighted by atomic mass is 79.9. The minimum absolute atomic E-state index is 0.0235. The maximum atomic E-state index is 11.9. The molecule has 0 spiro atoms. The number of carboxylic acid groups (broad SMARTS) is 1. The summed E-state index contributed by atoms with van der Waals surface area (Å²) >= 11 is 3.24. The SMILES string of the molecule is COC(=O)CC[C@H](NC(=O)c1ccc(Br)cc1)C(=O)O. The zero-order valence-electron chi connectivity index (χ0n) is 10.8. The lowest BCUT2D eigenvalue weighted by atomic mass is 10.1. The lowest BCUT2D eigenvalue weighted by Gasteiger charge is -2.14. The molecule has 20 heavy (non-hydrogen) atoms. The number of esters is 1. The van der Waals surface area contributed by atoms with Crippen molar-refractivity contribution < 1.29 is 24.2 Å². The first-order valence-electron chi connectivity index (χ1n) is 5.80. The van der Waals surface area contributed by atoms with Gasteiger partial charge in [-0.25, -0.2) is 4.79 Å². The number of rotatable bonds is 6. The molecule has 0 unspecified atom stereocenters. The summed E-state index contributed by atoms with van der Waals surface area (Å²) in [6.45, 7) is 0. The summed E-state index contributed by atoms with van der Waals surface area (Å²) in [6, 6.07) is 5.36. The van der Waals surface area contributed by atoms with Gasteiger partial charge in [0.1, 0.15) is 6.04 Å². The van der Waals surface area contributed by atoms with Crippen molar-refractivity contribution in [1.82, 2.24) is 5.32 Å². The number of carbonyl (C=O) groups excluding carboxylic acids is 2. The van der Waals surface area contributed by atoms with Crippen LogP contribution in [0.15, 0.2) is 28.7 Å². The fourth-order valence-electron chi connectivity index (χ4n) is 1.46. The van der Waals surface area contributed by atoms with Gasteiger partial charge in [0, 0.05) is 16.5 Å². The summed E-state index contributed by atoms with van der Waals surface area (Å²) in [7, 11) is 1.22. The van der Waals surface area contributed by atoms with E-state index in [1.54, 1.807) is 24.3 Å². The molecule has 108 valence electrons. The Kier molecular flexibility index (Phi) is 6.17. The predicted molar refractivity (Wildman–Crippen MR) is 74.3 cm³/mol. The molecule has 0 saturated heterocycles. The van der Waals surface area contributed by atoms with Crippen LogP contribution >= 0.6 is 15.9 Å². The Hall–Kier alpha value is -1.89. The van der Waals surface area contributed by atoms with Gasteiger partial charge >= 0.3 is 11.9 Å². The maximum Gasteiger partial charge on any atom is 0.326 e. The molecule has 6 nitrogen and oxygen atoms in total. The summed E-state index contributed by atoms with van der Waals surface area (Å²) in [5.74, 6) is -2.22. The van der Waals surface area contributed by atoms with Gasteiger partial charge in [0.2, 0.25) is 0 Å². The Bertz CT molecular complexity index is 500. The third kappa shape index (κ3) is 5.00. The minimum Gasteiger partial charge on any atom is -0.480 e. The van der Waals surface area contributed by atoms with Gasteiger partial charge in [0.25, 0.3) is 5.91 Å². The van der Waals surface area contributed by atoms with Gasteiger partial charge in [-0.2, -0.15) is 0 Å². The fraction of sp³-hybridized carbons (Fsp3) is 0.308. The summed E-state index contributed by atoms with van der Waals surface area (Å²) in [4.78, 5) is 33.9. The lowest BCUT2D eigenvalue weighted by Crippen LogP contribution is -2.41. The lowest BCUT2D eigenvalue weighted by molar-refractivity contribution is -0.142. The summed E-state index contributed by atoms with van der Waals surface area (Å²) in [5.41, 5.74) is 0.345. The Morgan fingerprint density at radius 1 is 1.30 bits per heavy atom. The molecule has 1 amide bonds. The van der Waals surface area contributed by atoms with Crippen molar-refractivity contribution in [2.45, 2.75) is 18.9 Å². The number of aliphatic carboxylic acids is 1. The van der Waals surface area contributed by atoms with Crippen LogP contribution < -0.4 is 5.32 Å².